The molecule has 1 aromatic carbocycles. The van der Waals surface area contributed by atoms with Crippen LogP contribution in [-0.2, 0) is 0 Å². The first-order valence-electron chi connectivity index (χ1n) is 5.49. The first kappa shape index (κ1) is 10.5. The zero-order valence-corrected chi connectivity index (χ0v) is 9.28. The zero-order chi connectivity index (χ0) is 10.7. The van der Waals surface area contributed by atoms with Crippen LogP contribution in [0.15, 0.2) is 24.3 Å². The van der Waals surface area contributed by atoms with Gasteiger partial charge in [0.05, 0.1) is 7.11 Å². The lowest BCUT2D eigenvalue weighted by Crippen LogP contribution is -2.29. The Morgan fingerprint density at radius 3 is 3.07 bits per heavy atom. The molecule has 0 spiro atoms. The quantitative estimate of drug-likeness (QED) is 0.687. The van der Waals surface area contributed by atoms with E-state index >= 15 is 0 Å². The highest BCUT2D eigenvalue weighted by atomic mass is 16.5. The van der Waals surface area contributed by atoms with E-state index in [9.17, 15) is 0 Å². The molecule has 82 valence electrons. The van der Waals surface area contributed by atoms with Crippen molar-refractivity contribution in [1.29, 1.82) is 0 Å². The topological polar surface area (TPSA) is 12.5 Å². The highest BCUT2D eigenvalue weighted by molar-refractivity contribution is 5.31. The number of ether oxygens (including phenoxy) is 1. The molecule has 0 radical (unpaired) electrons. The predicted octanol–water partition coefficient (Wildman–Crippen LogP) is 2.67. The lowest BCUT2D eigenvalue weighted by molar-refractivity contribution is 0.275. The van der Waals surface area contributed by atoms with E-state index in [4.69, 9.17) is 4.74 Å². The van der Waals surface area contributed by atoms with E-state index in [1.165, 1.54) is 18.4 Å². The van der Waals surface area contributed by atoms with Crippen LogP contribution in [0.3, 0.4) is 0 Å². The van der Waals surface area contributed by atoms with Gasteiger partial charge < -0.3 is 9.64 Å². The second-order valence-corrected chi connectivity index (χ2v) is 4.19. The Hall–Kier alpha value is -1.02. The first-order chi connectivity index (χ1) is 7.29. The Morgan fingerprint density at radius 2 is 2.33 bits per heavy atom. The van der Waals surface area contributed by atoms with Crippen molar-refractivity contribution in [2.45, 2.75) is 18.8 Å². The molecule has 0 aromatic heterocycles. The second kappa shape index (κ2) is 4.67. The highest BCUT2D eigenvalue weighted by Gasteiger charge is 2.16. The fourth-order valence-electron chi connectivity index (χ4n) is 2.22. The molecule has 1 heterocycles. The van der Waals surface area contributed by atoms with Gasteiger partial charge in [-0.2, -0.15) is 0 Å². The SMILES string of the molecule is [CH2-]N1CCCC(c2cccc(OC)c2)C1. The summed E-state index contributed by atoms with van der Waals surface area (Å²) in [4.78, 5) is 2.16. The van der Waals surface area contributed by atoms with Crippen molar-refractivity contribution in [1.82, 2.24) is 4.90 Å². The average molecular weight is 204 g/mol. The minimum Gasteiger partial charge on any atom is -0.497 e. The summed E-state index contributed by atoms with van der Waals surface area (Å²) < 4.78 is 5.24. The van der Waals surface area contributed by atoms with Gasteiger partial charge in [-0.1, -0.05) is 12.1 Å². The van der Waals surface area contributed by atoms with Crippen LogP contribution >= 0.6 is 0 Å². The first-order valence-corrected chi connectivity index (χ1v) is 5.49. The number of piperidine rings is 1. The molecule has 0 amide bonds. The molecule has 2 nitrogen and oxygen atoms in total. The summed E-state index contributed by atoms with van der Waals surface area (Å²) in [6.45, 7) is 2.19. The molecular weight excluding hydrogens is 186 g/mol. The Bertz CT molecular complexity index is 324. The van der Waals surface area contributed by atoms with Gasteiger partial charge in [0.2, 0.25) is 0 Å². The van der Waals surface area contributed by atoms with Gasteiger partial charge in [-0.25, -0.2) is 0 Å². The van der Waals surface area contributed by atoms with Gasteiger partial charge in [0.25, 0.3) is 0 Å². The summed E-state index contributed by atoms with van der Waals surface area (Å²) >= 11 is 0. The van der Waals surface area contributed by atoms with Gasteiger partial charge in [0.15, 0.2) is 0 Å². The summed E-state index contributed by atoms with van der Waals surface area (Å²) in [5.74, 6) is 1.57. The summed E-state index contributed by atoms with van der Waals surface area (Å²) in [6.07, 6.45) is 2.50. The predicted molar refractivity (Wildman–Crippen MR) is 61.9 cm³/mol. The van der Waals surface area contributed by atoms with E-state index in [0.717, 1.165) is 18.8 Å². The van der Waals surface area contributed by atoms with Gasteiger partial charge in [0, 0.05) is 0 Å². The van der Waals surface area contributed by atoms with Crippen LogP contribution in [0.1, 0.15) is 24.3 Å². The third-order valence-corrected chi connectivity index (χ3v) is 3.07. The van der Waals surface area contributed by atoms with Gasteiger partial charge in [-0.05, 0) is 49.5 Å². The fourth-order valence-corrected chi connectivity index (χ4v) is 2.22. The minimum absolute atomic E-state index is 0.617. The van der Waals surface area contributed by atoms with Crippen molar-refractivity contribution in [3.05, 3.63) is 36.9 Å². The molecular formula is C13H18NO-. The van der Waals surface area contributed by atoms with E-state index < -0.39 is 0 Å². The fraction of sp³-hybridized carbons (Fsp3) is 0.462. The number of likely N-dealkylation sites (tertiary alicyclic amines) is 1. The van der Waals surface area contributed by atoms with E-state index in [1.807, 2.05) is 6.07 Å². The number of hydrogen-bond donors (Lipinski definition) is 0. The molecule has 1 unspecified atom stereocenters. The van der Waals surface area contributed by atoms with E-state index in [1.54, 1.807) is 7.11 Å². The molecule has 0 saturated carbocycles. The Balaban J connectivity index is 2.13. The number of rotatable bonds is 2. The molecule has 2 rings (SSSR count). The molecule has 1 aliphatic heterocycles. The van der Waals surface area contributed by atoms with Gasteiger partial charge in [-0.3, -0.25) is 7.05 Å². The maximum atomic E-state index is 5.24. The third-order valence-electron chi connectivity index (χ3n) is 3.07. The average Bonchev–Trinajstić information content (AvgIpc) is 2.29. The van der Waals surface area contributed by atoms with Crippen molar-refractivity contribution in [3.8, 4) is 5.75 Å². The van der Waals surface area contributed by atoms with Crippen LogP contribution in [-0.4, -0.2) is 25.1 Å². The molecule has 0 N–H and O–H groups in total. The Kier molecular flexibility index (Phi) is 3.27. The van der Waals surface area contributed by atoms with Crippen LogP contribution < -0.4 is 4.74 Å². The normalized spacial score (nSPS) is 22.7. The summed E-state index contributed by atoms with van der Waals surface area (Å²) in [5.41, 5.74) is 1.38. The van der Waals surface area contributed by atoms with Gasteiger partial charge in [0.1, 0.15) is 5.75 Å². The number of hydrogen-bond acceptors (Lipinski definition) is 2. The molecule has 1 saturated heterocycles. The molecule has 0 bridgehead atoms. The van der Waals surface area contributed by atoms with Crippen LogP contribution in [0.25, 0.3) is 0 Å². The smallest absolute Gasteiger partial charge is 0.119 e. The molecule has 0 aliphatic carbocycles. The number of benzene rings is 1. The third kappa shape index (κ3) is 2.51. The Morgan fingerprint density at radius 1 is 1.47 bits per heavy atom. The van der Waals surface area contributed by atoms with Gasteiger partial charge >= 0.3 is 0 Å². The van der Waals surface area contributed by atoms with Gasteiger partial charge in [-0.15, -0.1) is 0 Å². The molecule has 1 atom stereocenters. The van der Waals surface area contributed by atoms with Crippen molar-refractivity contribution >= 4 is 0 Å². The minimum atomic E-state index is 0.617. The molecule has 1 aliphatic rings. The molecule has 2 heteroatoms. The van der Waals surface area contributed by atoms with E-state index in [2.05, 4.69) is 30.1 Å². The number of nitrogens with zero attached hydrogens (tertiary/aromatic N) is 1. The number of methoxy groups -OCH3 is 1. The summed E-state index contributed by atoms with van der Waals surface area (Å²) in [6, 6.07) is 8.39. The van der Waals surface area contributed by atoms with E-state index in [-0.39, 0.29) is 0 Å². The molecule has 1 aromatic rings. The lowest BCUT2D eigenvalue weighted by atomic mass is 9.91. The maximum Gasteiger partial charge on any atom is 0.119 e. The Labute approximate surface area is 91.9 Å². The lowest BCUT2D eigenvalue weighted by Gasteiger charge is -2.35. The van der Waals surface area contributed by atoms with Crippen molar-refractivity contribution in [2.75, 3.05) is 20.2 Å². The highest BCUT2D eigenvalue weighted by Crippen LogP contribution is 2.28. The van der Waals surface area contributed by atoms with E-state index in [0.29, 0.717) is 5.92 Å². The van der Waals surface area contributed by atoms with Crippen molar-refractivity contribution in [3.63, 3.8) is 0 Å². The van der Waals surface area contributed by atoms with Crippen LogP contribution in [0.4, 0.5) is 0 Å². The summed E-state index contributed by atoms with van der Waals surface area (Å²) in [5, 5.41) is 0. The molecule has 15 heavy (non-hydrogen) atoms. The second-order valence-electron chi connectivity index (χ2n) is 4.19. The van der Waals surface area contributed by atoms with Crippen LogP contribution in [0.2, 0.25) is 0 Å². The zero-order valence-electron chi connectivity index (χ0n) is 9.28. The monoisotopic (exact) mass is 204 g/mol. The van der Waals surface area contributed by atoms with Crippen molar-refractivity contribution in [2.24, 2.45) is 0 Å². The van der Waals surface area contributed by atoms with Crippen LogP contribution in [0.5, 0.6) is 5.75 Å². The summed E-state index contributed by atoms with van der Waals surface area (Å²) in [7, 11) is 5.73. The molecule has 1 fully saturated rings. The standard InChI is InChI=1S/C13H18NO/c1-14-8-4-6-12(10-14)11-5-3-7-13(9-11)15-2/h3,5,7,9,12H,1,4,6,8,10H2,2H3/q-1. The van der Waals surface area contributed by atoms with Crippen molar-refractivity contribution < 1.29 is 4.74 Å². The van der Waals surface area contributed by atoms with Crippen LogP contribution in [0, 0.1) is 7.05 Å². The largest absolute Gasteiger partial charge is 0.497 e. The maximum absolute atomic E-state index is 5.24.